The van der Waals surface area contributed by atoms with Crippen LogP contribution in [0.3, 0.4) is 0 Å². The van der Waals surface area contributed by atoms with Crippen LogP contribution in [0.5, 0.6) is 0 Å². The summed E-state index contributed by atoms with van der Waals surface area (Å²) in [6.45, 7) is 0.725. The second-order valence-electron chi connectivity index (χ2n) is 4.72. The van der Waals surface area contributed by atoms with Gasteiger partial charge in [-0.3, -0.25) is 10.1 Å². The first-order valence-corrected chi connectivity index (χ1v) is 6.41. The molecule has 1 aliphatic carbocycles. The van der Waals surface area contributed by atoms with Gasteiger partial charge in [-0.1, -0.05) is 0 Å². The molecular weight excluding hydrogens is 248 g/mol. The molecule has 1 aromatic rings. The molecule has 104 valence electrons. The number of anilines is 2. The number of nitro groups is 1. The molecule has 0 atom stereocenters. The van der Waals surface area contributed by atoms with Crippen molar-refractivity contribution in [2.75, 3.05) is 23.8 Å². The van der Waals surface area contributed by atoms with E-state index in [4.69, 9.17) is 10.8 Å². The van der Waals surface area contributed by atoms with Crippen molar-refractivity contribution in [1.82, 2.24) is 4.98 Å². The lowest BCUT2D eigenvalue weighted by Crippen LogP contribution is -2.41. The van der Waals surface area contributed by atoms with Crippen LogP contribution in [0.4, 0.5) is 17.3 Å². The molecule has 19 heavy (non-hydrogen) atoms. The van der Waals surface area contributed by atoms with Gasteiger partial charge < -0.3 is 15.7 Å². The molecule has 0 saturated heterocycles. The monoisotopic (exact) mass is 266 g/mol. The van der Waals surface area contributed by atoms with Crippen molar-refractivity contribution in [3.63, 3.8) is 0 Å². The highest BCUT2D eigenvalue weighted by Gasteiger charge is 2.27. The van der Waals surface area contributed by atoms with Gasteiger partial charge in [0, 0.05) is 19.2 Å². The van der Waals surface area contributed by atoms with E-state index in [0.717, 1.165) is 19.3 Å². The van der Waals surface area contributed by atoms with E-state index in [2.05, 4.69) is 4.98 Å². The summed E-state index contributed by atoms with van der Waals surface area (Å²) in [7, 11) is 0. The van der Waals surface area contributed by atoms with Crippen molar-refractivity contribution in [3.05, 3.63) is 22.2 Å². The summed E-state index contributed by atoms with van der Waals surface area (Å²) >= 11 is 0. The lowest BCUT2D eigenvalue weighted by atomic mass is 9.91. The Morgan fingerprint density at radius 1 is 1.53 bits per heavy atom. The number of hydrogen-bond acceptors (Lipinski definition) is 6. The molecule has 1 fully saturated rings. The maximum absolute atomic E-state index is 10.9. The van der Waals surface area contributed by atoms with E-state index >= 15 is 0 Å². The maximum atomic E-state index is 10.9. The number of hydrogen-bond donors (Lipinski definition) is 2. The van der Waals surface area contributed by atoms with E-state index in [1.165, 1.54) is 12.1 Å². The SMILES string of the molecule is Nc1cc([N+](=O)[O-])cc(N(CCCO)C2CCC2)n1. The highest BCUT2D eigenvalue weighted by molar-refractivity contribution is 5.54. The van der Waals surface area contributed by atoms with Gasteiger partial charge in [-0.05, 0) is 25.7 Å². The van der Waals surface area contributed by atoms with Crippen LogP contribution >= 0.6 is 0 Å². The summed E-state index contributed by atoms with van der Waals surface area (Å²) in [4.78, 5) is 16.6. The van der Waals surface area contributed by atoms with Crippen LogP contribution in [0.1, 0.15) is 25.7 Å². The molecule has 0 unspecified atom stereocenters. The van der Waals surface area contributed by atoms with Crippen LogP contribution in [0.2, 0.25) is 0 Å². The first kappa shape index (κ1) is 13.5. The molecule has 1 heterocycles. The predicted molar refractivity (Wildman–Crippen MR) is 72.0 cm³/mol. The van der Waals surface area contributed by atoms with Crippen LogP contribution in [0, 0.1) is 10.1 Å². The molecule has 0 aliphatic heterocycles. The first-order chi connectivity index (χ1) is 9.11. The minimum absolute atomic E-state index is 0.0455. The lowest BCUT2D eigenvalue weighted by Gasteiger charge is -2.38. The van der Waals surface area contributed by atoms with Gasteiger partial charge >= 0.3 is 0 Å². The van der Waals surface area contributed by atoms with Gasteiger partial charge in [-0.15, -0.1) is 0 Å². The zero-order chi connectivity index (χ0) is 13.8. The molecule has 7 heteroatoms. The highest BCUT2D eigenvalue weighted by atomic mass is 16.6. The van der Waals surface area contributed by atoms with Gasteiger partial charge in [-0.2, -0.15) is 0 Å². The van der Waals surface area contributed by atoms with Crippen LogP contribution in [0.25, 0.3) is 0 Å². The third-order valence-corrected chi connectivity index (χ3v) is 3.39. The number of nitrogen functional groups attached to an aromatic ring is 1. The summed E-state index contributed by atoms with van der Waals surface area (Å²) in [5, 5.41) is 19.8. The number of nitrogens with zero attached hydrogens (tertiary/aromatic N) is 3. The van der Waals surface area contributed by atoms with Gasteiger partial charge in [-0.25, -0.2) is 4.98 Å². The van der Waals surface area contributed by atoms with Crippen LogP contribution < -0.4 is 10.6 Å². The Balaban J connectivity index is 2.26. The Hall–Kier alpha value is -1.89. The average molecular weight is 266 g/mol. The molecular formula is C12H18N4O3. The number of aromatic nitrogens is 1. The standard InChI is InChI=1S/C12H18N4O3/c13-11-7-10(16(18)19)8-12(14-11)15(5-2-6-17)9-3-1-4-9/h7-9,17H,1-6H2,(H2,13,14). The fourth-order valence-corrected chi connectivity index (χ4v) is 2.20. The van der Waals surface area contributed by atoms with E-state index in [9.17, 15) is 10.1 Å². The smallest absolute Gasteiger partial charge is 0.276 e. The number of aliphatic hydroxyl groups is 1. The summed E-state index contributed by atoms with van der Waals surface area (Å²) in [5.41, 5.74) is 5.59. The van der Waals surface area contributed by atoms with Crippen LogP contribution in [-0.2, 0) is 0 Å². The van der Waals surface area contributed by atoms with Crippen molar-refractivity contribution >= 4 is 17.3 Å². The van der Waals surface area contributed by atoms with E-state index in [0.29, 0.717) is 24.8 Å². The summed E-state index contributed by atoms with van der Waals surface area (Å²) < 4.78 is 0. The normalized spacial score (nSPS) is 15.0. The third kappa shape index (κ3) is 3.11. The molecule has 1 aliphatic rings. The molecule has 7 nitrogen and oxygen atoms in total. The maximum Gasteiger partial charge on any atom is 0.276 e. The van der Waals surface area contributed by atoms with Gasteiger partial charge in [0.15, 0.2) is 0 Å². The Morgan fingerprint density at radius 3 is 2.79 bits per heavy atom. The van der Waals surface area contributed by atoms with Crippen LogP contribution in [0.15, 0.2) is 12.1 Å². The van der Waals surface area contributed by atoms with E-state index in [1.54, 1.807) is 0 Å². The summed E-state index contributed by atoms with van der Waals surface area (Å²) in [6, 6.07) is 3.06. The summed E-state index contributed by atoms with van der Waals surface area (Å²) in [6.07, 6.45) is 3.87. The minimum Gasteiger partial charge on any atom is -0.396 e. The second kappa shape index (κ2) is 5.83. The van der Waals surface area contributed by atoms with E-state index in [1.807, 2.05) is 4.90 Å². The molecule has 0 aromatic carbocycles. The Kier molecular flexibility index (Phi) is 4.16. The molecule has 0 spiro atoms. The highest BCUT2D eigenvalue weighted by Crippen LogP contribution is 2.31. The van der Waals surface area contributed by atoms with Gasteiger partial charge in [0.1, 0.15) is 11.6 Å². The molecule has 0 bridgehead atoms. The molecule has 2 rings (SSSR count). The van der Waals surface area contributed by atoms with Crippen molar-refractivity contribution in [2.45, 2.75) is 31.7 Å². The van der Waals surface area contributed by atoms with E-state index < -0.39 is 4.92 Å². The molecule has 1 saturated carbocycles. The largest absolute Gasteiger partial charge is 0.396 e. The van der Waals surface area contributed by atoms with Gasteiger partial charge in [0.2, 0.25) is 0 Å². The minimum atomic E-state index is -0.466. The van der Waals surface area contributed by atoms with Gasteiger partial charge in [0.05, 0.1) is 17.1 Å². The zero-order valence-electron chi connectivity index (χ0n) is 10.7. The quantitative estimate of drug-likeness (QED) is 0.594. The molecule has 1 aromatic heterocycles. The number of pyridine rings is 1. The van der Waals surface area contributed by atoms with Crippen molar-refractivity contribution in [1.29, 1.82) is 0 Å². The van der Waals surface area contributed by atoms with Crippen molar-refractivity contribution in [2.24, 2.45) is 0 Å². The molecule has 3 N–H and O–H groups in total. The number of nitrogens with two attached hydrogens (primary N) is 1. The van der Waals surface area contributed by atoms with E-state index in [-0.39, 0.29) is 18.1 Å². The fraction of sp³-hybridized carbons (Fsp3) is 0.583. The van der Waals surface area contributed by atoms with Crippen molar-refractivity contribution < 1.29 is 10.0 Å². The molecule has 0 amide bonds. The Morgan fingerprint density at radius 2 is 2.26 bits per heavy atom. The topological polar surface area (TPSA) is 106 Å². The zero-order valence-corrected chi connectivity index (χ0v) is 10.7. The van der Waals surface area contributed by atoms with Crippen LogP contribution in [-0.4, -0.2) is 34.2 Å². The number of aliphatic hydroxyl groups excluding tert-OH is 1. The first-order valence-electron chi connectivity index (χ1n) is 6.41. The second-order valence-corrected chi connectivity index (χ2v) is 4.72. The fourth-order valence-electron chi connectivity index (χ4n) is 2.20. The Labute approximate surface area is 111 Å². The summed E-state index contributed by atoms with van der Waals surface area (Å²) in [5.74, 6) is 0.683. The lowest BCUT2D eigenvalue weighted by molar-refractivity contribution is -0.384. The Bertz CT molecular complexity index is 462. The van der Waals surface area contributed by atoms with Gasteiger partial charge in [0.25, 0.3) is 5.69 Å². The number of rotatable bonds is 6. The molecule has 0 radical (unpaired) electrons. The average Bonchev–Trinajstić information content (AvgIpc) is 2.31. The van der Waals surface area contributed by atoms with Crippen molar-refractivity contribution in [3.8, 4) is 0 Å². The third-order valence-electron chi connectivity index (χ3n) is 3.39. The predicted octanol–water partition coefficient (Wildman–Crippen LogP) is 1.31.